The highest BCUT2D eigenvalue weighted by atomic mass is 127. The smallest absolute Gasteiger partial charge is 0.231 e. The molecule has 0 amide bonds. The molecule has 3 rings (SSSR count). The molecule has 0 spiro atoms. The Morgan fingerprint density at radius 1 is 1.07 bits per heavy atom. The Labute approximate surface area is 197 Å². The molecule has 2 aromatic carbocycles. The Hall–Kier alpha value is -2.00. The summed E-state index contributed by atoms with van der Waals surface area (Å²) in [6.07, 6.45) is 0. The molecule has 2 aromatic rings. The Bertz CT molecular complexity index is 842. The summed E-state index contributed by atoms with van der Waals surface area (Å²) >= 11 is 0. The van der Waals surface area contributed by atoms with Crippen molar-refractivity contribution in [2.24, 2.45) is 4.99 Å². The number of hydrogen-bond donors (Lipinski definition) is 2. The number of nitrogens with one attached hydrogen (secondary N) is 2. The summed E-state index contributed by atoms with van der Waals surface area (Å²) < 4.78 is 10.8. The molecule has 0 aromatic heterocycles. The molecule has 0 saturated carbocycles. The molecular weight excluding hydrogens is 491 g/mol. The standard InChI is InChI=1S/C23H32N4O2.HI/c1-5-24-23(25-13-18-10-11-21-22(12-18)29-16-28-21)26-14-19-8-6-7-9-20(19)15-27(4)17(2)3;/h6-12,17H,5,13-16H2,1-4H3,(H2,24,25,26);1H. The van der Waals surface area contributed by atoms with Gasteiger partial charge in [-0.05, 0) is 56.6 Å². The second-order valence-electron chi connectivity index (χ2n) is 7.51. The average molecular weight is 524 g/mol. The Balaban J connectivity index is 0.00000320. The van der Waals surface area contributed by atoms with Crippen molar-refractivity contribution in [2.45, 2.75) is 46.4 Å². The van der Waals surface area contributed by atoms with Gasteiger partial charge in [0.1, 0.15) is 0 Å². The number of ether oxygens (including phenoxy) is 2. The van der Waals surface area contributed by atoms with Gasteiger partial charge in [-0.15, -0.1) is 24.0 Å². The molecule has 1 aliphatic heterocycles. The van der Waals surface area contributed by atoms with E-state index in [0.717, 1.165) is 42.7 Å². The van der Waals surface area contributed by atoms with E-state index in [9.17, 15) is 0 Å². The maximum atomic E-state index is 5.45. The summed E-state index contributed by atoms with van der Waals surface area (Å²) in [7, 11) is 2.16. The quantitative estimate of drug-likeness (QED) is 0.309. The van der Waals surface area contributed by atoms with E-state index >= 15 is 0 Å². The van der Waals surface area contributed by atoms with Crippen LogP contribution in [0.25, 0.3) is 0 Å². The van der Waals surface area contributed by atoms with E-state index in [0.29, 0.717) is 12.6 Å². The van der Waals surface area contributed by atoms with Gasteiger partial charge in [0.2, 0.25) is 6.79 Å². The van der Waals surface area contributed by atoms with Gasteiger partial charge < -0.3 is 20.1 Å². The molecule has 0 fully saturated rings. The van der Waals surface area contributed by atoms with Crippen molar-refractivity contribution in [1.29, 1.82) is 0 Å². The zero-order valence-corrected chi connectivity index (χ0v) is 20.6. The number of guanidine groups is 1. The summed E-state index contributed by atoms with van der Waals surface area (Å²) in [4.78, 5) is 7.08. The largest absolute Gasteiger partial charge is 0.454 e. The predicted molar refractivity (Wildman–Crippen MR) is 133 cm³/mol. The van der Waals surface area contributed by atoms with Crippen molar-refractivity contribution in [3.05, 3.63) is 59.2 Å². The van der Waals surface area contributed by atoms with Gasteiger partial charge in [-0.2, -0.15) is 0 Å². The van der Waals surface area contributed by atoms with Crippen molar-refractivity contribution in [3.63, 3.8) is 0 Å². The van der Waals surface area contributed by atoms with Crippen LogP contribution in [0.2, 0.25) is 0 Å². The first kappa shape index (κ1) is 24.3. The Morgan fingerprint density at radius 2 is 1.80 bits per heavy atom. The normalized spacial score (nSPS) is 12.8. The van der Waals surface area contributed by atoms with E-state index < -0.39 is 0 Å². The van der Waals surface area contributed by atoms with Gasteiger partial charge >= 0.3 is 0 Å². The summed E-state index contributed by atoms with van der Waals surface area (Å²) in [6.45, 7) is 9.84. The lowest BCUT2D eigenvalue weighted by atomic mass is 10.1. The highest BCUT2D eigenvalue weighted by Gasteiger charge is 2.13. The molecule has 0 aliphatic carbocycles. The topological polar surface area (TPSA) is 58.1 Å². The predicted octanol–water partition coefficient (Wildman–Crippen LogP) is 4.13. The molecule has 2 N–H and O–H groups in total. The number of nitrogens with zero attached hydrogens (tertiary/aromatic N) is 2. The molecule has 30 heavy (non-hydrogen) atoms. The van der Waals surface area contributed by atoms with Gasteiger partial charge in [-0.1, -0.05) is 30.3 Å². The minimum absolute atomic E-state index is 0. The highest BCUT2D eigenvalue weighted by molar-refractivity contribution is 14.0. The molecule has 7 heteroatoms. The van der Waals surface area contributed by atoms with E-state index in [2.05, 4.69) is 67.6 Å². The summed E-state index contributed by atoms with van der Waals surface area (Å²) in [5.41, 5.74) is 3.71. The number of benzene rings is 2. The van der Waals surface area contributed by atoms with E-state index in [1.807, 2.05) is 18.2 Å². The molecule has 164 valence electrons. The molecule has 0 unspecified atom stereocenters. The van der Waals surface area contributed by atoms with Gasteiger partial charge in [-0.3, -0.25) is 4.90 Å². The molecule has 0 radical (unpaired) electrons. The van der Waals surface area contributed by atoms with E-state index in [1.165, 1.54) is 11.1 Å². The number of fused-ring (bicyclic) bond motifs is 1. The fourth-order valence-corrected chi connectivity index (χ4v) is 3.07. The van der Waals surface area contributed by atoms with Crippen LogP contribution in [0.15, 0.2) is 47.5 Å². The van der Waals surface area contributed by atoms with Gasteiger partial charge in [-0.25, -0.2) is 4.99 Å². The zero-order valence-electron chi connectivity index (χ0n) is 18.3. The second-order valence-corrected chi connectivity index (χ2v) is 7.51. The second kappa shape index (κ2) is 12.0. The summed E-state index contributed by atoms with van der Waals surface area (Å²) in [5, 5.41) is 6.79. The van der Waals surface area contributed by atoms with Crippen molar-refractivity contribution in [2.75, 3.05) is 20.4 Å². The van der Waals surface area contributed by atoms with Crippen LogP contribution in [0.1, 0.15) is 37.5 Å². The van der Waals surface area contributed by atoms with Crippen molar-refractivity contribution in [3.8, 4) is 11.5 Å². The van der Waals surface area contributed by atoms with Gasteiger partial charge in [0.25, 0.3) is 0 Å². The van der Waals surface area contributed by atoms with Crippen LogP contribution in [-0.2, 0) is 19.6 Å². The number of rotatable bonds is 8. The van der Waals surface area contributed by atoms with E-state index in [-0.39, 0.29) is 30.8 Å². The molecule has 1 heterocycles. The van der Waals surface area contributed by atoms with Crippen LogP contribution >= 0.6 is 24.0 Å². The highest BCUT2D eigenvalue weighted by Crippen LogP contribution is 2.32. The lowest BCUT2D eigenvalue weighted by Crippen LogP contribution is -2.37. The van der Waals surface area contributed by atoms with E-state index in [4.69, 9.17) is 14.5 Å². The molecule has 0 saturated heterocycles. The number of aliphatic imine (C=N–C) groups is 1. The Kier molecular flexibility index (Phi) is 9.71. The first-order chi connectivity index (χ1) is 14.1. The van der Waals surface area contributed by atoms with Crippen LogP contribution in [0, 0.1) is 0 Å². The average Bonchev–Trinajstić information content (AvgIpc) is 3.18. The molecule has 6 nitrogen and oxygen atoms in total. The van der Waals surface area contributed by atoms with Crippen molar-refractivity contribution in [1.82, 2.24) is 15.5 Å². The summed E-state index contributed by atoms with van der Waals surface area (Å²) in [6, 6.07) is 15.0. The third kappa shape index (κ3) is 6.77. The molecule has 0 atom stereocenters. The molecular formula is C23H33IN4O2. The molecule has 1 aliphatic rings. The first-order valence-electron chi connectivity index (χ1n) is 10.2. The number of halogens is 1. The van der Waals surface area contributed by atoms with Crippen LogP contribution < -0.4 is 20.1 Å². The van der Waals surface area contributed by atoms with Crippen molar-refractivity contribution >= 4 is 29.9 Å². The van der Waals surface area contributed by atoms with Gasteiger partial charge in [0.15, 0.2) is 17.5 Å². The van der Waals surface area contributed by atoms with Crippen LogP contribution in [0.3, 0.4) is 0 Å². The summed E-state index contributed by atoms with van der Waals surface area (Å²) in [5.74, 6) is 2.39. The van der Waals surface area contributed by atoms with Crippen LogP contribution in [-0.4, -0.2) is 37.3 Å². The van der Waals surface area contributed by atoms with Gasteiger partial charge in [0.05, 0.1) is 6.54 Å². The lowest BCUT2D eigenvalue weighted by molar-refractivity contribution is 0.174. The SMILES string of the molecule is CCNC(=NCc1ccc2c(c1)OCO2)NCc1ccccc1CN(C)C(C)C.I. The van der Waals surface area contributed by atoms with E-state index in [1.54, 1.807) is 0 Å². The number of hydrogen-bond acceptors (Lipinski definition) is 4. The Morgan fingerprint density at radius 3 is 2.53 bits per heavy atom. The van der Waals surface area contributed by atoms with Crippen LogP contribution in [0.4, 0.5) is 0 Å². The minimum atomic E-state index is 0. The third-order valence-corrected chi connectivity index (χ3v) is 5.07. The minimum Gasteiger partial charge on any atom is -0.454 e. The monoisotopic (exact) mass is 524 g/mol. The fraction of sp³-hybridized carbons (Fsp3) is 0.435. The van der Waals surface area contributed by atoms with Crippen LogP contribution in [0.5, 0.6) is 11.5 Å². The maximum Gasteiger partial charge on any atom is 0.231 e. The lowest BCUT2D eigenvalue weighted by Gasteiger charge is -2.23. The van der Waals surface area contributed by atoms with Gasteiger partial charge in [0, 0.05) is 25.7 Å². The van der Waals surface area contributed by atoms with Crippen molar-refractivity contribution < 1.29 is 9.47 Å². The molecule has 0 bridgehead atoms. The maximum absolute atomic E-state index is 5.45. The third-order valence-electron chi connectivity index (χ3n) is 5.07. The first-order valence-corrected chi connectivity index (χ1v) is 10.2. The fourth-order valence-electron chi connectivity index (χ4n) is 3.07. The zero-order chi connectivity index (χ0) is 20.6.